The summed E-state index contributed by atoms with van der Waals surface area (Å²) >= 11 is 1.34. The van der Waals surface area contributed by atoms with E-state index in [4.69, 9.17) is 19.9 Å². The minimum atomic E-state index is -0.874. The molecule has 28 heavy (non-hydrogen) atoms. The fourth-order valence-electron chi connectivity index (χ4n) is 2.24. The zero-order valence-corrected chi connectivity index (χ0v) is 16.2. The largest absolute Gasteiger partial charge is 0.493 e. The maximum atomic E-state index is 12.2. The smallest absolute Gasteiger partial charge is 0.333 e. The van der Waals surface area contributed by atoms with Crippen molar-refractivity contribution in [3.05, 3.63) is 52.2 Å². The Balaban J connectivity index is 2.08. The van der Waals surface area contributed by atoms with E-state index in [1.165, 1.54) is 31.6 Å². The molecule has 148 valence electrons. The molecule has 1 heterocycles. The van der Waals surface area contributed by atoms with Crippen LogP contribution in [0.5, 0.6) is 11.5 Å². The van der Waals surface area contributed by atoms with Gasteiger partial charge in [-0.05, 0) is 35.2 Å². The highest BCUT2D eigenvalue weighted by Gasteiger charge is 2.23. The van der Waals surface area contributed by atoms with Crippen molar-refractivity contribution < 1.29 is 28.6 Å². The van der Waals surface area contributed by atoms with Crippen LogP contribution in [-0.4, -0.2) is 38.6 Å². The van der Waals surface area contributed by atoms with Crippen molar-refractivity contribution in [2.24, 2.45) is 5.73 Å². The van der Waals surface area contributed by atoms with Crippen molar-refractivity contribution in [1.82, 2.24) is 5.32 Å². The van der Waals surface area contributed by atoms with Crippen LogP contribution in [0.2, 0.25) is 0 Å². The number of nitrogens with one attached hydrogen (secondary N) is 1. The summed E-state index contributed by atoms with van der Waals surface area (Å²) in [7, 11) is 2.72. The number of hydrogen-bond donors (Lipinski definition) is 2. The molecule has 1 atom stereocenters. The summed E-state index contributed by atoms with van der Waals surface area (Å²) in [5.74, 6) is -0.881. The van der Waals surface area contributed by atoms with Gasteiger partial charge in [-0.3, -0.25) is 9.59 Å². The third kappa shape index (κ3) is 5.85. The minimum absolute atomic E-state index is 0.272. The van der Waals surface area contributed by atoms with Crippen LogP contribution in [0.4, 0.5) is 0 Å². The van der Waals surface area contributed by atoms with Gasteiger partial charge in [0.2, 0.25) is 5.91 Å². The number of amides is 2. The van der Waals surface area contributed by atoms with Crippen LogP contribution in [0, 0.1) is 0 Å². The van der Waals surface area contributed by atoms with Gasteiger partial charge in [0.25, 0.3) is 5.91 Å². The molecule has 2 rings (SSSR count). The normalized spacial score (nSPS) is 11.6. The fourth-order valence-corrected chi connectivity index (χ4v) is 3.00. The number of primary amides is 1. The Bertz CT molecular complexity index is 863. The van der Waals surface area contributed by atoms with Gasteiger partial charge in [-0.25, -0.2) is 4.79 Å². The van der Waals surface area contributed by atoms with E-state index in [0.717, 1.165) is 0 Å². The predicted octanol–water partition coefficient (Wildman–Crippen LogP) is 1.66. The summed E-state index contributed by atoms with van der Waals surface area (Å²) < 4.78 is 15.2. The van der Waals surface area contributed by atoms with Crippen LogP contribution in [-0.2, 0) is 19.1 Å². The summed E-state index contributed by atoms with van der Waals surface area (Å²) in [6.45, 7) is -0.272. The number of benzene rings is 1. The van der Waals surface area contributed by atoms with Crippen molar-refractivity contribution in [2.45, 2.75) is 6.04 Å². The second kappa shape index (κ2) is 10.1. The number of hydrogen-bond acceptors (Lipinski definition) is 7. The molecule has 0 spiro atoms. The summed E-state index contributed by atoms with van der Waals surface area (Å²) in [4.78, 5) is 35.7. The Hall–Kier alpha value is -3.33. The highest BCUT2D eigenvalue weighted by atomic mass is 32.1. The van der Waals surface area contributed by atoms with Crippen LogP contribution in [0.3, 0.4) is 0 Å². The lowest BCUT2D eigenvalue weighted by Crippen LogP contribution is -2.32. The standard InChI is InChI=1S/C19H20N2O6S/c1-25-14-10-12(5-7-13(14)27-11-16(20)22)6-8-17(23)21-18(19(24)26-2)15-4-3-9-28-15/h3-10,18H,11H2,1-2H3,(H2,20,22)(H,21,23). The van der Waals surface area contributed by atoms with E-state index in [-0.39, 0.29) is 6.61 Å². The molecule has 1 aromatic carbocycles. The molecule has 2 aromatic rings. The number of esters is 1. The molecule has 9 heteroatoms. The Labute approximate surface area is 165 Å². The lowest BCUT2D eigenvalue weighted by atomic mass is 10.2. The van der Waals surface area contributed by atoms with Crippen LogP contribution in [0.1, 0.15) is 16.5 Å². The van der Waals surface area contributed by atoms with E-state index in [1.807, 2.05) is 0 Å². The first-order valence-corrected chi connectivity index (χ1v) is 9.01. The van der Waals surface area contributed by atoms with Crippen molar-refractivity contribution in [1.29, 1.82) is 0 Å². The van der Waals surface area contributed by atoms with E-state index >= 15 is 0 Å². The summed E-state index contributed by atoms with van der Waals surface area (Å²) in [5.41, 5.74) is 5.71. The van der Waals surface area contributed by atoms with Crippen molar-refractivity contribution in [3.63, 3.8) is 0 Å². The zero-order valence-electron chi connectivity index (χ0n) is 15.3. The molecule has 0 fully saturated rings. The minimum Gasteiger partial charge on any atom is -0.493 e. The summed E-state index contributed by atoms with van der Waals surface area (Å²) in [5, 5.41) is 4.42. The first-order chi connectivity index (χ1) is 13.4. The first kappa shape index (κ1) is 21.0. The molecular formula is C19H20N2O6S. The highest BCUT2D eigenvalue weighted by molar-refractivity contribution is 7.10. The topological polar surface area (TPSA) is 117 Å². The number of carbonyl (C=O) groups is 3. The Morgan fingerprint density at radius 3 is 2.61 bits per heavy atom. The van der Waals surface area contributed by atoms with Gasteiger partial charge < -0.3 is 25.3 Å². The number of methoxy groups -OCH3 is 2. The second-order valence-electron chi connectivity index (χ2n) is 5.48. The van der Waals surface area contributed by atoms with Gasteiger partial charge in [-0.1, -0.05) is 12.1 Å². The lowest BCUT2D eigenvalue weighted by Gasteiger charge is -2.13. The van der Waals surface area contributed by atoms with Gasteiger partial charge in [0.05, 0.1) is 14.2 Å². The second-order valence-corrected chi connectivity index (χ2v) is 6.46. The van der Waals surface area contributed by atoms with Gasteiger partial charge in [-0.15, -0.1) is 11.3 Å². The summed E-state index contributed by atoms with van der Waals surface area (Å²) in [6, 6.07) is 7.57. The Morgan fingerprint density at radius 1 is 1.21 bits per heavy atom. The lowest BCUT2D eigenvalue weighted by molar-refractivity contribution is -0.144. The number of nitrogens with two attached hydrogens (primary N) is 1. The van der Waals surface area contributed by atoms with Gasteiger partial charge in [0.1, 0.15) is 0 Å². The third-order valence-electron chi connectivity index (χ3n) is 3.54. The SMILES string of the molecule is COC(=O)C(NC(=O)C=Cc1ccc(OCC(N)=O)c(OC)c1)c1cccs1. The average molecular weight is 404 g/mol. The van der Waals surface area contributed by atoms with Crippen molar-refractivity contribution >= 4 is 35.2 Å². The van der Waals surface area contributed by atoms with Crippen LogP contribution < -0.4 is 20.5 Å². The molecule has 0 aliphatic heterocycles. The van der Waals surface area contributed by atoms with E-state index in [2.05, 4.69) is 5.32 Å². The Morgan fingerprint density at radius 2 is 2.00 bits per heavy atom. The van der Waals surface area contributed by atoms with Gasteiger partial charge in [0.15, 0.2) is 24.1 Å². The van der Waals surface area contributed by atoms with E-state index in [0.29, 0.717) is 21.9 Å². The third-order valence-corrected chi connectivity index (χ3v) is 4.47. The zero-order chi connectivity index (χ0) is 20.5. The maximum Gasteiger partial charge on any atom is 0.333 e. The molecular weight excluding hydrogens is 384 g/mol. The molecule has 8 nitrogen and oxygen atoms in total. The quantitative estimate of drug-likeness (QED) is 0.485. The first-order valence-electron chi connectivity index (χ1n) is 8.13. The Kier molecular flexibility index (Phi) is 7.58. The predicted molar refractivity (Wildman–Crippen MR) is 104 cm³/mol. The monoisotopic (exact) mass is 404 g/mol. The van der Waals surface area contributed by atoms with Gasteiger partial charge in [-0.2, -0.15) is 0 Å². The molecule has 1 aromatic heterocycles. The molecule has 0 bridgehead atoms. The molecule has 1 unspecified atom stereocenters. The van der Waals surface area contributed by atoms with Crippen molar-refractivity contribution in [3.8, 4) is 11.5 Å². The van der Waals surface area contributed by atoms with Crippen LogP contribution >= 0.6 is 11.3 Å². The van der Waals surface area contributed by atoms with E-state index in [9.17, 15) is 14.4 Å². The number of rotatable bonds is 9. The number of ether oxygens (including phenoxy) is 3. The molecule has 0 saturated heterocycles. The number of thiophene rings is 1. The fraction of sp³-hybridized carbons (Fsp3) is 0.211. The van der Waals surface area contributed by atoms with Crippen LogP contribution in [0.25, 0.3) is 6.08 Å². The number of carbonyl (C=O) groups excluding carboxylic acids is 3. The maximum absolute atomic E-state index is 12.2. The summed E-state index contributed by atoms with van der Waals surface area (Å²) in [6.07, 6.45) is 2.85. The average Bonchev–Trinajstić information content (AvgIpc) is 3.22. The molecule has 0 saturated carbocycles. The molecule has 3 N–H and O–H groups in total. The van der Waals surface area contributed by atoms with Gasteiger partial charge in [0, 0.05) is 11.0 Å². The highest BCUT2D eigenvalue weighted by Crippen LogP contribution is 2.28. The molecule has 0 radical (unpaired) electrons. The van der Waals surface area contributed by atoms with Crippen molar-refractivity contribution in [2.75, 3.05) is 20.8 Å². The molecule has 2 amide bonds. The van der Waals surface area contributed by atoms with E-state index in [1.54, 1.807) is 41.8 Å². The molecule has 0 aliphatic carbocycles. The molecule has 0 aliphatic rings. The van der Waals surface area contributed by atoms with E-state index < -0.39 is 23.8 Å². The van der Waals surface area contributed by atoms with Gasteiger partial charge >= 0.3 is 5.97 Å². The van der Waals surface area contributed by atoms with Crippen LogP contribution in [0.15, 0.2) is 41.8 Å².